The molecule has 0 spiro atoms. The zero-order chi connectivity index (χ0) is 8.97. The molecule has 0 nitrogen and oxygen atoms in total. The number of hydrogen-bond acceptors (Lipinski definition) is 0. The second-order valence-corrected chi connectivity index (χ2v) is 3.35. The highest BCUT2D eigenvalue weighted by molar-refractivity contribution is 5.30. The molecule has 1 rings (SSSR count). The van der Waals surface area contributed by atoms with Gasteiger partial charge in [0.2, 0.25) is 0 Å². The van der Waals surface area contributed by atoms with Gasteiger partial charge in [-0.25, -0.2) is 0 Å². The molecule has 0 aromatic heterocycles. The van der Waals surface area contributed by atoms with Gasteiger partial charge in [-0.15, -0.1) is 6.58 Å². The van der Waals surface area contributed by atoms with Crippen molar-refractivity contribution in [3.05, 3.63) is 36.0 Å². The fourth-order valence-corrected chi connectivity index (χ4v) is 1.62. The summed E-state index contributed by atoms with van der Waals surface area (Å²) in [7, 11) is 0. The molecule has 0 N–H and O–H groups in total. The van der Waals surface area contributed by atoms with Gasteiger partial charge in [0.1, 0.15) is 0 Å². The maximum atomic E-state index is 3.85. The molecule has 0 heteroatoms. The highest BCUT2D eigenvalue weighted by atomic mass is 14.1. The number of rotatable bonds is 3. The highest BCUT2D eigenvalue weighted by Crippen LogP contribution is 2.26. The maximum absolute atomic E-state index is 3.85. The van der Waals surface area contributed by atoms with Gasteiger partial charge in [0.15, 0.2) is 0 Å². The summed E-state index contributed by atoms with van der Waals surface area (Å²) in [4.78, 5) is 0. The van der Waals surface area contributed by atoms with Crippen molar-refractivity contribution in [1.82, 2.24) is 0 Å². The first-order valence-corrected chi connectivity index (χ1v) is 4.82. The molecule has 0 radical (unpaired) electrons. The second-order valence-electron chi connectivity index (χ2n) is 3.35. The van der Waals surface area contributed by atoms with Gasteiger partial charge in [-0.1, -0.05) is 43.2 Å². The second kappa shape index (κ2) is 4.30. The minimum atomic E-state index is 0.583. The van der Waals surface area contributed by atoms with E-state index in [2.05, 4.69) is 38.7 Å². The van der Waals surface area contributed by atoms with Gasteiger partial charge in [0.25, 0.3) is 0 Å². The molecule has 0 bridgehead atoms. The number of hydrogen-bond donors (Lipinski definition) is 0. The van der Waals surface area contributed by atoms with Crippen LogP contribution >= 0.6 is 0 Å². The first kappa shape index (κ1) is 9.31. The molecular weight excluding hydrogens is 144 g/mol. The number of allylic oxidation sites excluding steroid dienone is 5. The van der Waals surface area contributed by atoms with Crippen LogP contribution in [0.5, 0.6) is 0 Å². The molecular formula is C12H18. The van der Waals surface area contributed by atoms with Gasteiger partial charge in [-0.2, -0.15) is 0 Å². The van der Waals surface area contributed by atoms with Crippen LogP contribution in [0, 0.1) is 5.92 Å². The van der Waals surface area contributed by atoms with Crippen LogP contribution in [0.25, 0.3) is 0 Å². The van der Waals surface area contributed by atoms with Crippen molar-refractivity contribution in [2.45, 2.75) is 33.1 Å². The summed E-state index contributed by atoms with van der Waals surface area (Å²) in [6.07, 6.45) is 10.3. The van der Waals surface area contributed by atoms with E-state index >= 15 is 0 Å². The van der Waals surface area contributed by atoms with E-state index in [1.807, 2.05) is 0 Å². The molecule has 0 aromatic carbocycles. The van der Waals surface area contributed by atoms with Crippen LogP contribution in [0.4, 0.5) is 0 Å². The molecule has 1 unspecified atom stereocenters. The molecule has 0 fully saturated rings. The maximum Gasteiger partial charge on any atom is -0.00131 e. The third-order valence-electron chi connectivity index (χ3n) is 2.48. The van der Waals surface area contributed by atoms with Crippen LogP contribution in [0.2, 0.25) is 0 Å². The highest BCUT2D eigenvalue weighted by Gasteiger charge is 2.09. The van der Waals surface area contributed by atoms with Crippen LogP contribution in [0.3, 0.4) is 0 Å². The fourth-order valence-electron chi connectivity index (χ4n) is 1.62. The Kier molecular flexibility index (Phi) is 3.33. The molecule has 0 saturated heterocycles. The van der Waals surface area contributed by atoms with Crippen molar-refractivity contribution in [3.8, 4) is 0 Å². The SMILES string of the molecule is C=CC1C=C(CC)C=C(CC)C1. The zero-order valence-electron chi connectivity index (χ0n) is 8.14. The predicted molar refractivity (Wildman–Crippen MR) is 55.1 cm³/mol. The Morgan fingerprint density at radius 2 is 2.25 bits per heavy atom. The minimum absolute atomic E-state index is 0.583. The largest absolute Gasteiger partial charge is 0.102 e. The predicted octanol–water partition coefficient (Wildman–Crippen LogP) is 3.87. The van der Waals surface area contributed by atoms with E-state index in [0.29, 0.717) is 5.92 Å². The van der Waals surface area contributed by atoms with E-state index in [0.717, 1.165) is 6.42 Å². The van der Waals surface area contributed by atoms with Crippen LogP contribution in [-0.4, -0.2) is 0 Å². The summed E-state index contributed by atoms with van der Waals surface area (Å²) in [6, 6.07) is 0. The Balaban J connectivity index is 2.77. The van der Waals surface area contributed by atoms with E-state index in [4.69, 9.17) is 0 Å². The van der Waals surface area contributed by atoms with Crippen molar-refractivity contribution in [3.63, 3.8) is 0 Å². The average Bonchev–Trinajstić information content (AvgIpc) is 2.16. The molecule has 1 aliphatic rings. The molecule has 0 aromatic rings. The van der Waals surface area contributed by atoms with E-state index in [-0.39, 0.29) is 0 Å². The molecule has 0 amide bonds. The van der Waals surface area contributed by atoms with E-state index in [1.54, 1.807) is 5.57 Å². The Labute approximate surface area is 75.7 Å². The summed E-state index contributed by atoms with van der Waals surface area (Å²) in [5.74, 6) is 0.583. The average molecular weight is 162 g/mol. The summed E-state index contributed by atoms with van der Waals surface area (Å²) >= 11 is 0. The zero-order valence-corrected chi connectivity index (χ0v) is 8.14. The van der Waals surface area contributed by atoms with Crippen LogP contribution in [-0.2, 0) is 0 Å². The van der Waals surface area contributed by atoms with Gasteiger partial charge in [0, 0.05) is 0 Å². The first-order valence-electron chi connectivity index (χ1n) is 4.82. The molecule has 1 aliphatic carbocycles. The van der Waals surface area contributed by atoms with Crippen molar-refractivity contribution in [2.75, 3.05) is 0 Å². The van der Waals surface area contributed by atoms with Gasteiger partial charge in [-0.05, 0) is 25.2 Å². The third kappa shape index (κ3) is 2.10. The van der Waals surface area contributed by atoms with E-state index < -0.39 is 0 Å². The van der Waals surface area contributed by atoms with Gasteiger partial charge in [0.05, 0.1) is 0 Å². The van der Waals surface area contributed by atoms with E-state index in [1.165, 1.54) is 18.4 Å². The lowest BCUT2D eigenvalue weighted by Gasteiger charge is -2.17. The normalized spacial score (nSPS) is 23.0. The van der Waals surface area contributed by atoms with Gasteiger partial charge < -0.3 is 0 Å². The smallest absolute Gasteiger partial charge is 0.00131 e. The Morgan fingerprint density at radius 3 is 2.75 bits per heavy atom. The third-order valence-corrected chi connectivity index (χ3v) is 2.48. The lowest BCUT2D eigenvalue weighted by molar-refractivity contribution is 0.742. The van der Waals surface area contributed by atoms with Crippen molar-refractivity contribution in [1.29, 1.82) is 0 Å². The summed E-state index contributed by atoms with van der Waals surface area (Å²) in [6.45, 7) is 8.29. The van der Waals surface area contributed by atoms with Crippen molar-refractivity contribution in [2.24, 2.45) is 5.92 Å². The molecule has 0 saturated carbocycles. The molecule has 66 valence electrons. The Morgan fingerprint density at radius 1 is 1.50 bits per heavy atom. The molecule has 12 heavy (non-hydrogen) atoms. The van der Waals surface area contributed by atoms with E-state index in [9.17, 15) is 0 Å². The Hall–Kier alpha value is -0.780. The monoisotopic (exact) mass is 162 g/mol. The Bertz CT molecular complexity index is 218. The summed E-state index contributed by atoms with van der Waals surface area (Å²) < 4.78 is 0. The molecule has 1 atom stereocenters. The lowest BCUT2D eigenvalue weighted by atomic mass is 9.88. The topological polar surface area (TPSA) is 0 Å². The lowest BCUT2D eigenvalue weighted by Crippen LogP contribution is -2.01. The quantitative estimate of drug-likeness (QED) is 0.553. The van der Waals surface area contributed by atoms with Crippen LogP contribution in [0.1, 0.15) is 33.1 Å². The van der Waals surface area contributed by atoms with Gasteiger partial charge in [-0.3, -0.25) is 0 Å². The van der Waals surface area contributed by atoms with Crippen molar-refractivity contribution >= 4 is 0 Å². The fraction of sp³-hybridized carbons (Fsp3) is 0.500. The molecule has 0 aliphatic heterocycles. The van der Waals surface area contributed by atoms with Crippen LogP contribution in [0.15, 0.2) is 36.0 Å². The first-order chi connectivity index (χ1) is 5.80. The molecule has 0 heterocycles. The minimum Gasteiger partial charge on any atom is -0.102 e. The van der Waals surface area contributed by atoms with Crippen molar-refractivity contribution < 1.29 is 0 Å². The standard InChI is InChI=1S/C12H18/c1-4-10-7-11(5-2)9-12(6-3)8-10/h4,7,9-10H,1,5-6,8H2,2-3H3. The summed E-state index contributed by atoms with van der Waals surface area (Å²) in [5.41, 5.74) is 3.04. The van der Waals surface area contributed by atoms with Gasteiger partial charge >= 0.3 is 0 Å². The van der Waals surface area contributed by atoms with Crippen LogP contribution < -0.4 is 0 Å². The summed E-state index contributed by atoms with van der Waals surface area (Å²) in [5, 5.41) is 0.